The van der Waals surface area contributed by atoms with Crippen LogP contribution in [-0.4, -0.2) is 44.0 Å². The van der Waals surface area contributed by atoms with E-state index in [0.717, 1.165) is 23.8 Å². The number of fused-ring (bicyclic) bond motifs is 1. The van der Waals surface area contributed by atoms with Gasteiger partial charge in [-0.3, -0.25) is 0 Å². The molecule has 1 aromatic carbocycles. The summed E-state index contributed by atoms with van der Waals surface area (Å²) < 4.78 is 23.8. The van der Waals surface area contributed by atoms with E-state index in [0.29, 0.717) is 25.2 Å². The van der Waals surface area contributed by atoms with E-state index in [-0.39, 0.29) is 11.9 Å². The monoisotopic (exact) mass is 330 g/mol. The van der Waals surface area contributed by atoms with Gasteiger partial charge in [0.2, 0.25) is 5.95 Å². The average Bonchev–Trinajstić information content (AvgIpc) is 3.21. The van der Waals surface area contributed by atoms with Crippen LogP contribution in [-0.2, 0) is 18.3 Å². The number of benzene rings is 1. The number of hydrogen-bond donors (Lipinski definition) is 0. The van der Waals surface area contributed by atoms with Crippen LogP contribution in [0, 0.1) is 5.82 Å². The van der Waals surface area contributed by atoms with Crippen LogP contribution in [0.25, 0.3) is 11.0 Å². The maximum atomic E-state index is 14.0. The Bertz CT molecular complexity index is 873. The number of para-hydroxylation sites is 1. The first kappa shape index (κ1) is 15.1. The third-order valence-corrected chi connectivity index (χ3v) is 4.46. The molecule has 1 unspecified atom stereocenters. The van der Waals surface area contributed by atoms with Crippen molar-refractivity contribution < 1.29 is 9.13 Å². The van der Waals surface area contributed by atoms with Crippen molar-refractivity contribution in [2.75, 3.05) is 24.6 Å². The summed E-state index contributed by atoms with van der Waals surface area (Å²) in [4.78, 5) is 6.62. The maximum Gasteiger partial charge on any atom is 0.206 e. The fourth-order valence-electron chi connectivity index (χ4n) is 3.19. The zero-order chi connectivity index (χ0) is 16.7. The second kappa shape index (κ2) is 5.86. The van der Waals surface area contributed by atoms with Crippen molar-refractivity contribution in [3.05, 3.63) is 36.2 Å². The number of aryl methyl sites for hydroxylation is 2. The van der Waals surface area contributed by atoms with Gasteiger partial charge in [-0.2, -0.15) is 0 Å². The molecule has 0 saturated carbocycles. The Kier molecular flexibility index (Phi) is 3.68. The van der Waals surface area contributed by atoms with Crippen LogP contribution in [0.15, 0.2) is 24.5 Å². The molecule has 1 saturated heterocycles. The molecule has 3 aromatic rings. The molecule has 4 rings (SSSR count). The Labute approximate surface area is 138 Å². The second-order valence-electron chi connectivity index (χ2n) is 5.86. The minimum absolute atomic E-state index is 0.175. The van der Waals surface area contributed by atoms with Gasteiger partial charge in [-0.1, -0.05) is 6.07 Å². The number of nitrogens with zero attached hydrogens (tertiary/aromatic N) is 6. The number of rotatable bonds is 3. The van der Waals surface area contributed by atoms with Gasteiger partial charge in [0, 0.05) is 20.1 Å². The van der Waals surface area contributed by atoms with Crippen LogP contribution < -0.4 is 4.90 Å². The van der Waals surface area contributed by atoms with Crippen molar-refractivity contribution in [2.45, 2.75) is 19.6 Å². The van der Waals surface area contributed by atoms with E-state index < -0.39 is 0 Å². The number of imidazole rings is 1. The molecule has 1 fully saturated rings. The summed E-state index contributed by atoms with van der Waals surface area (Å²) in [5, 5.41) is 8.17. The van der Waals surface area contributed by atoms with Crippen molar-refractivity contribution in [1.82, 2.24) is 24.3 Å². The smallest absolute Gasteiger partial charge is 0.206 e. The first-order chi connectivity index (χ1) is 11.7. The van der Waals surface area contributed by atoms with Crippen LogP contribution >= 0.6 is 0 Å². The summed E-state index contributed by atoms with van der Waals surface area (Å²) in [7, 11) is 1.91. The third-order valence-electron chi connectivity index (χ3n) is 4.46. The minimum Gasteiger partial charge on any atom is -0.366 e. The normalized spacial score (nSPS) is 18.5. The highest BCUT2D eigenvalue weighted by Crippen LogP contribution is 2.28. The summed E-state index contributed by atoms with van der Waals surface area (Å²) in [6, 6.07) is 5.01. The summed E-state index contributed by atoms with van der Waals surface area (Å²) in [6.07, 6.45) is 1.54. The standard InChI is InChI=1S/C16H19FN6O/c1-3-22-10-18-20-15(22)13-9-23(7-8-24-13)16-19-14-11(17)5-4-6-12(14)21(16)2/h4-6,10,13H,3,7-9H2,1-2H3. The Morgan fingerprint density at radius 3 is 3.04 bits per heavy atom. The SMILES string of the molecule is CCn1cnnc1C1CN(c2nc3c(F)cccc3n2C)CCO1. The molecule has 0 aliphatic carbocycles. The molecule has 2 aromatic heterocycles. The van der Waals surface area contributed by atoms with Crippen molar-refractivity contribution in [1.29, 1.82) is 0 Å². The number of anilines is 1. The van der Waals surface area contributed by atoms with Gasteiger partial charge < -0.3 is 18.8 Å². The number of aromatic nitrogens is 5. The Morgan fingerprint density at radius 1 is 1.38 bits per heavy atom. The van der Waals surface area contributed by atoms with Gasteiger partial charge in [0.1, 0.15) is 17.9 Å². The molecule has 1 aliphatic heterocycles. The molecule has 3 heterocycles. The zero-order valence-electron chi connectivity index (χ0n) is 13.7. The van der Waals surface area contributed by atoms with Crippen LogP contribution in [0.5, 0.6) is 0 Å². The van der Waals surface area contributed by atoms with E-state index in [4.69, 9.17) is 4.74 Å². The number of ether oxygens (including phenoxy) is 1. The minimum atomic E-state index is -0.301. The largest absolute Gasteiger partial charge is 0.366 e. The van der Waals surface area contributed by atoms with Crippen molar-refractivity contribution in [3.8, 4) is 0 Å². The van der Waals surface area contributed by atoms with Gasteiger partial charge in [-0.05, 0) is 19.1 Å². The molecular formula is C16H19FN6O. The predicted octanol–water partition coefficient (Wildman–Crippen LogP) is 1.90. The van der Waals surface area contributed by atoms with Gasteiger partial charge in [-0.15, -0.1) is 10.2 Å². The lowest BCUT2D eigenvalue weighted by Gasteiger charge is -2.33. The Morgan fingerprint density at radius 2 is 2.25 bits per heavy atom. The first-order valence-corrected chi connectivity index (χ1v) is 8.04. The van der Waals surface area contributed by atoms with Crippen LogP contribution in [0.2, 0.25) is 0 Å². The van der Waals surface area contributed by atoms with E-state index in [1.165, 1.54) is 6.07 Å². The van der Waals surface area contributed by atoms with Crippen LogP contribution in [0.3, 0.4) is 0 Å². The van der Waals surface area contributed by atoms with Gasteiger partial charge >= 0.3 is 0 Å². The molecule has 126 valence electrons. The fraction of sp³-hybridized carbons (Fsp3) is 0.438. The second-order valence-corrected chi connectivity index (χ2v) is 5.86. The van der Waals surface area contributed by atoms with E-state index in [2.05, 4.69) is 20.1 Å². The number of morpholine rings is 1. The molecular weight excluding hydrogens is 311 g/mol. The van der Waals surface area contributed by atoms with Gasteiger partial charge in [-0.25, -0.2) is 9.37 Å². The molecule has 0 amide bonds. The lowest BCUT2D eigenvalue weighted by Crippen LogP contribution is -2.40. The highest BCUT2D eigenvalue weighted by molar-refractivity contribution is 5.79. The molecule has 0 bridgehead atoms. The molecule has 7 nitrogen and oxygen atoms in total. The van der Waals surface area contributed by atoms with Crippen LogP contribution in [0.1, 0.15) is 18.9 Å². The Balaban J connectivity index is 1.67. The van der Waals surface area contributed by atoms with E-state index in [9.17, 15) is 4.39 Å². The van der Waals surface area contributed by atoms with Gasteiger partial charge in [0.25, 0.3) is 0 Å². The van der Waals surface area contributed by atoms with Gasteiger partial charge in [0.15, 0.2) is 11.6 Å². The van der Waals surface area contributed by atoms with E-state index in [1.54, 1.807) is 12.4 Å². The molecule has 0 N–H and O–H groups in total. The Hall–Kier alpha value is -2.48. The average molecular weight is 330 g/mol. The maximum absolute atomic E-state index is 14.0. The van der Waals surface area contributed by atoms with Crippen molar-refractivity contribution in [2.24, 2.45) is 7.05 Å². The fourth-order valence-corrected chi connectivity index (χ4v) is 3.19. The molecule has 1 atom stereocenters. The highest BCUT2D eigenvalue weighted by atomic mass is 19.1. The third kappa shape index (κ3) is 2.34. The molecule has 1 aliphatic rings. The lowest BCUT2D eigenvalue weighted by molar-refractivity contribution is 0.0309. The summed E-state index contributed by atoms with van der Waals surface area (Å²) >= 11 is 0. The topological polar surface area (TPSA) is 61.0 Å². The number of hydrogen-bond acceptors (Lipinski definition) is 5. The van der Waals surface area contributed by atoms with Crippen molar-refractivity contribution >= 4 is 17.0 Å². The summed E-state index contributed by atoms with van der Waals surface area (Å²) in [5.41, 5.74) is 1.18. The molecule has 8 heteroatoms. The molecule has 0 radical (unpaired) electrons. The van der Waals surface area contributed by atoms with Gasteiger partial charge in [0.05, 0.1) is 18.7 Å². The lowest BCUT2D eigenvalue weighted by atomic mass is 10.2. The quantitative estimate of drug-likeness (QED) is 0.734. The number of halogens is 1. The van der Waals surface area contributed by atoms with E-state index >= 15 is 0 Å². The van der Waals surface area contributed by atoms with Crippen LogP contribution in [0.4, 0.5) is 10.3 Å². The highest BCUT2D eigenvalue weighted by Gasteiger charge is 2.28. The molecule has 24 heavy (non-hydrogen) atoms. The summed E-state index contributed by atoms with van der Waals surface area (Å²) in [5.74, 6) is 1.25. The van der Waals surface area contributed by atoms with Crippen molar-refractivity contribution in [3.63, 3.8) is 0 Å². The van der Waals surface area contributed by atoms with E-state index in [1.807, 2.05) is 29.2 Å². The summed E-state index contributed by atoms with van der Waals surface area (Å²) in [6.45, 7) is 4.71. The predicted molar refractivity (Wildman–Crippen MR) is 87.3 cm³/mol. The first-order valence-electron chi connectivity index (χ1n) is 8.04. The molecule has 0 spiro atoms. The zero-order valence-corrected chi connectivity index (χ0v) is 13.7.